The second-order valence-corrected chi connectivity index (χ2v) is 4.40. The molecule has 1 amide bonds. The van der Waals surface area contributed by atoms with Crippen LogP contribution in [0.15, 0.2) is 30.9 Å². The van der Waals surface area contributed by atoms with E-state index in [-0.39, 0.29) is 11.6 Å². The lowest BCUT2D eigenvalue weighted by Crippen LogP contribution is -2.23. The van der Waals surface area contributed by atoms with Crippen molar-refractivity contribution < 1.29 is 4.79 Å². The molecular formula is C12H14N8O. The van der Waals surface area contributed by atoms with Crippen molar-refractivity contribution in [3.63, 3.8) is 0 Å². The molecule has 3 N–H and O–H groups in total. The highest BCUT2D eigenvalue weighted by Crippen LogP contribution is 2.06. The predicted octanol–water partition coefficient (Wildman–Crippen LogP) is -0.790. The van der Waals surface area contributed by atoms with Gasteiger partial charge in [0.2, 0.25) is 0 Å². The van der Waals surface area contributed by atoms with Gasteiger partial charge in [-0.05, 0) is 6.07 Å². The Kier molecular flexibility index (Phi) is 3.56. The fraction of sp³-hybridized carbons (Fsp3) is 0.250. The molecule has 0 atom stereocenters. The van der Waals surface area contributed by atoms with Crippen molar-refractivity contribution in [2.45, 2.75) is 13.1 Å². The number of hydrogen-bond donors (Lipinski definition) is 2. The number of amides is 1. The molecule has 0 radical (unpaired) electrons. The number of nitrogens with zero attached hydrogens (tertiary/aromatic N) is 6. The van der Waals surface area contributed by atoms with E-state index in [1.165, 1.54) is 4.68 Å². The summed E-state index contributed by atoms with van der Waals surface area (Å²) in [6.45, 7) is 1.29. The Hall–Kier alpha value is -2.81. The maximum atomic E-state index is 12.0. The first kappa shape index (κ1) is 13.2. The third-order valence-electron chi connectivity index (χ3n) is 2.92. The van der Waals surface area contributed by atoms with Crippen LogP contribution in [0.2, 0.25) is 0 Å². The van der Waals surface area contributed by atoms with Crippen LogP contribution in [0.4, 0.5) is 0 Å². The van der Waals surface area contributed by atoms with Gasteiger partial charge in [-0.25, -0.2) is 9.50 Å². The molecule has 9 heteroatoms. The summed E-state index contributed by atoms with van der Waals surface area (Å²) >= 11 is 0. The van der Waals surface area contributed by atoms with Gasteiger partial charge in [0.05, 0.1) is 18.9 Å². The largest absolute Gasteiger partial charge is 0.346 e. The number of nitrogens with two attached hydrogens (primary N) is 1. The Morgan fingerprint density at radius 1 is 1.43 bits per heavy atom. The number of hydrogen-bond acceptors (Lipinski definition) is 6. The lowest BCUT2D eigenvalue weighted by Gasteiger charge is -2.00. The van der Waals surface area contributed by atoms with Crippen LogP contribution in [-0.4, -0.2) is 42.0 Å². The van der Waals surface area contributed by atoms with Crippen molar-refractivity contribution >= 4 is 11.6 Å². The van der Waals surface area contributed by atoms with Gasteiger partial charge in [-0.3, -0.25) is 9.48 Å². The van der Waals surface area contributed by atoms with Gasteiger partial charge in [0.1, 0.15) is 0 Å². The quantitative estimate of drug-likeness (QED) is 0.635. The number of carbonyl (C=O) groups excluding carboxylic acids is 1. The zero-order valence-corrected chi connectivity index (χ0v) is 11.2. The van der Waals surface area contributed by atoms with E-state index >= 15 is 0 Å². The van der Waals surface area contributed by atoms with E-state index in [1.54, 1.807) is 35.4 Å². The molecular weight excluding hydrogens is 272 g/mol. The van der Waals surface area contributed by atoms with Gasteiger partial charge in [0.15, 0.2) is 11.3 Å². The molecule has 3 heterocycles. The van der Waals surface area contributed by atoms with Crippen LogP contribution in [0, 0.1) is 0 Å². The van der Waals surface area contributed by atoms with Crippen molar-refractivity contribution in [2.24, 2.45) is 5.73 Å². The van der Waals surface area contributed by atoms with Gasteiger partial charge in [0, 0.05) is 31.0 Å². The predicted molar refractivity (Wildman–Crippen MR) is 73.2 cm³/mol. The summed E-state index contributed by atoms with van der Waals surface area (Å²) < 4.78 is 3.19. The van der Waals surface area contributed by atoms with Crippen LogP contribution in [0.25, 0.3) is 5.65 Å². The first-order valence-electron chi connectivity index (χ1n) is 6.43. The molecule has 0 saturated carbocycles. The SMILES string of the molecule is NCCn1cc(C(=O)NCc2cnn3cccnc23)nn1. The number of nitrogens with one attached hydrogen (secondary N) is 1. The van der Waals surface area contributed by atoms with E-state index in [4.69, 9.17) is 5.73 Å². The first-order valence-corrected chi connectivity index (χ1v) is 6.43. The smallest absolute Gasteiger partial charge is 0.273 e. The molecule has 0 aromatic carbocycles. The van der Waals surface area contributed by atoms with Gasteiger partial charge in [-0.1, -0.05) is 5.21 Å². The van der Waals surface area contributed by atoms with E-state index in [9.17, 15) is 4.79 Å². The summed E-state index contributed by atoms with van der Waals surface area (Å²) in [5.41, 5.74) is 7.22. The molecule has 3 aromatic rings. The monoisotopic (exact) mass is 286 g/mol. The molecule has 3 rings (SSSR count). The van der Waals surface area contributed by atoms with Crippen LogP contribution in [0.1, 0.15) is 16.1 Å². The van der Waals surface area contributed by atoms with E-state index in [0.29, 0.717) is 25.3 Å². The zero-order valence-electron chi connectivity index (χ0n) is 11.2. The highest BCUT2D eigenvalue weighted by atomic mass is 16.2. The van der Waals surface area contributed by atoms with Crippen molar-refractivity contribution in [1.29, 1.82) is 0 Å². The maximum Gasteiger partial charge on any atom is 0.273 e. The summed E-state index contributed by atoms with van der Waals surface area (Å²) in [5.74, 6) is -0.298. The molecule has 21 heavy (non-hydrogen) atoms. The normalized spacial score (nSPS) is 10.9. The minimum atomic E-state index is -0.298. The summed E-state index contributed by atoms with van der Waals surface area (Å²) in [6.07, 6.45) is 6.72. The Labute approximate surface area is 119 Å². The Balaban J connectivity index is 1.67. The van der Waals surface area contributed by atoms with Crippen LogP contribution >= 0.6 is 0 Å². The molecule has 3 aromatic heterocycles. The van der Waals surface area contributed by atoms with Crippen LogP contribution in [0.3, 0.4) is 0 Å². The van der Waals surface area contributed by atoms with E-state index < -0.39 is 0 Å². The van der Waals surface area contributed by atoms with Crippen LogP contribution in [0.5, 0.6) is 0 Å². The molecule has 9 nitrogen and oxygen atoms in total. The van der Waals surface area contributed by atoms with E-state index in [1.807, 2.05) is 0 Å². The second-order valence-electron chi connectivity index (χ2n) is 4.40. The topological polar surface area (TPSA) is 116 Å². The number of fused-ring (bicyclic) bond motifs is 1. The lowest BCUT2D eigenvalue weighted by molar-refractivity contribution is 0.0946. The standard InChI is InChI=1S/C12H14N8O/c13-2-5-19-8-10(17-18-19)12(21)15-6-9-7-16-20-4-1-3-14-11(9)20/h1,3-4,7-8H,2,5-6,13H2,(H,15,21). The molecule has 0 fully saturated rings. The minimum absolute atomic E-state index is 0.257. The average Bonchev–Trinajstić information content (AvgIpc) is 3.12. The highest BCUT2D eigenvalue weighted by molar-refractivity contribution is 5.91. The summed E-state index contributed by atoms with van der Waals surface area (Å²) in [4.78, 5) is 16.2. The Bertz CT molecular complexity index is 761. The molecule has 0 aliphatic rings. The summed E-state index contributed by atoms with van der Waals surface area (Å²) in [6, 6.07) is 1.79. The Morgan fingerprint density at radius 2 is 2.33 bits per heavy atom. The van der Waals surface area contributed by atoms with E-state index in [2.05, 4.69) is 25.7 Å². The third kappa shape index (κ3) is 2.72. The molecule has 0 aliphatic heterocycles. The summed E-state index contributed by atoms with van der Waals surface area (Å²) in [7, 11) is 0. The molecule has 0 saturated heterocycles. The summed E-state index contributed by atoms with van der Waals surface area (Å²) in [5, 5.41) is 14.5. The van der Waals surface area contributed by atoms with Crippen LogP contribution < -0.4 is 11.1 Å². The molecule has 0 spiro atoms. The first-order chi connectivity index (χ1) is 10.3. The average molecular weight is 286 g/mol. The van der Waals surface area contributed by atoms with Crippen molar-refractivity contribution in [2.75, 3.05) is 6.54 Å². The molecule has 0 bridgehead atoms. The fourth-order valence-electron chi connectivity index (χ4n) is 1.91. The van der Waals surface area contributed by atoms with Gasteiger partial charge >= 0.3 is 0 Å². The minimum Gasteiger partial charge on any atom is -0.346 e. The molecule has 0 unspecified atom stereocenters. The number of rotatable bonds is 5. The van der Waals surface area contributed by atoms with Gasteiger partial charge < -0.3 is 11.1 Å². The molecule has 108 valence electrons. The number of carbonyl (C=O) groups is 1. The lowest BCUT2D eigenvalue weighted by atomic mass is 10.3. The Morgan fingerprint density at radius 3 is 3.19 bits per heavy atom. The van der Waals surface area contributed by atoms with Gasteiger partial charge in [-0.2, -0.15) is 5.10 Å². The highest BCUT2D eigenvalue weighted by Gasteiger charge is 2.12. The number of aromatic nitrogens is 6. The molecule has 0 aliphatic carbocycles. The third-order valence-corrected chi connectivity index (χ3v) is 2.92. The van der Waals surface area contributed by atoms with Crippen molar-refractivity contribution in [3.05, 3.63) is 42.1 Å². The fourth-order valence-corrected chi connectivity index (χ4v) is 1.91. The van der Waals surface area contributed by atoms with Crippen LogP contribution in [-0.2, 0) is 13.1 Å². The zero-order chi connectivity index (χ0) is 14.7. The maximum absolute atomic E-state index is 12.0. The second kappa shape index (κ2) is 5.67. The van der Waals surface area contributed by atoms with E-state index in [0.717, 1.165) is 5.56 Å². The van der Waals surface area contributed by atoms with Crippen molar-refractivity contribution in [1.82, 2.24) is 34.9 Å². The van der Waals surface area contributed by atoms with Gasteiger partial charge in [0.25, 0.3) is 5.91 Å². The van der Waals surface area contributed by atoms with Gasteiger partial charge in [-0.15, -0.1) is 5.10 Å². The van der Waals surface area contributed by atoms with Crippen molar-refractivity contribution in [3.8, 4) is 0 Å².